The van der Waals surface area contributed by atoms with Crippen molar-refractivity contribution in [2.45, 2.75) is 12.8 Å². The molecule has 95 heavy (non-hydrogen) atoms. The van der Waals surface area contributed by atoms with Gasteiger partial charge >= 0.3 is 89.5 Å². The summed E-state index contributed by atoms with van der Waals surface area (Å²) in [6.07, 6.45) is 33.8. The maximum Gasteiger partial charge on any atom is 1.00 e. The second kappa shape index (κ2) is 40.0. The topological polar surface area (TPSA) is 0 Å². The van der Waals surface area contributed by atoms with E-state index in [1.807, 2.05) is 72.8 Å². The van der Waals surface area contributed by atoms with Gasteiger partial charge in [0.15, 0.2) is 5.90 Å². The Morgan fingerprint density at radius 3 is 0.589 bits per heavy atom. The summed E-state index contributed by atoms with van der Waals surface area (Å²) in [7, 11) is -3.12. The molecule has 0 atom stereocenters. The smallest absolute Gasteiger partial charge is 0.366 e. The summed E-state index contributed by atoms with van der Waals surface area (Å²) in [5.74, 6) is 10.8. The molecule has 0 aliphatic rings. The van der Waals surface area contributed by atoms with Gasteiger partial charge in [0.1, 0.15) is 37.1 Å². The molecule has 0 radical (unpaired) electrons. The molecule has 2 aromatic heterocycles. The molecule has 10 heteroatoms. The largest absolute Gasteiger partial charge is 1.00 e. The van der Waals surface area contributed by atoms with E-state index in [1.54, 1.807) is 22.7 Å². The van der Waals surface area contributed by atoms with Crippen LogP contribution in [0.25, 0.3) is 40.3 Å². The molecule has 0 amide bonds. The SMILES string of the molecule is [Au+].[Au+].[Au+].[Au+].[C-]#Cc1ccc2c(c1)sc1cc(C#[C-])ccc12.[C-]#Cc1ccc2c(c1)sc1cc(C#[C-])ccc12.c1ccc([PH+](CCCC[PH+](c2ccccc2)c2ccccc2)c2ccccc2)cc1.c1ccc([PH+](C[PH+](c2ccccc2)c2ccccc2)c2ccccc2)cc1. The van der Waals surface area contributed by atoms with E-state index in [9.17, 15) is 0 Å². The monoisotopic (exact) mass is 2060 g/mol. The number of benzene rings is 12. The van der Waals surface area contributed by atoms with Crippen LogP contribution in [0, 0.1) is 49.4 Å². The van der Waals surface area contributed by atoms with Crippen molar-refractivity contribution in [2.24, 2.45) is 0 Å². The van der Waals surface area contributed by atoms with E-state index in [-0.39, 0.29) is 89.5 Å². The van der Waals surface area contributed by atoms with Crippen LogP contribution in [0.1, 0.15) is 35.1 Å². The normalized spacial score (nSPS) is 10.3. The Morgan fingerprint density at radius 2 is 0.411 bits per heavy atom. The molecule has 14 rings (SSSR count). The molecule has 0 saturated carbocycles. The van der Waals surface area contributed by atoms with Gasteiger partial charge in [-0.1, -0.05) is 170 Å². The fourth-order valence-corrected chi connectivity index (χ4v) is 26.9. The minimum atomic E-state index is -0.847. The van der Waals surface area contributed by atoms with Gasteiger partial charge in [-0.25, -0.2) is 0 Å². The molecule has 14 aromatic rings. The van der Waals surface area contributed by atoms with Gasteiger partial charge in [-0.05, 0) is 131 Å². The second-order valence-corrected chi connectivity index (χ2v) is 34.8. The van der Waals surface area contributed by atoms with Crippen LogP contribution in [-0.4, -0.2) is 18.2 Å². The third-order valence-electron chi connectivity index (χ3n) is 16.0. The third-order valence-corrected chi connectivity index (χ3v) is 31.0. The van der Waals surface area contributed by atoms with Gasteiger partial charge in [0.25, 0.3) is 0 Å². The summed E-state index contributed by atoms with van der Waals surface area (Å²) < 4.78 is 4.61. The number of fused-ring (bicyclic) bond motifs is 6. The average molecular weight is 2060 g/mol. The Balaban J connectivity index is 0.000000181. The van der Waals surface area contributed by atoms with E-state index in [4.69, 9.17) is 25.7 Å². The van der Waals surface area contributed by atoms with E-state index >= 15 is 0 Å². The molecule has 0 bridgehead atoms. The Kier molecular flexibility index (Phi) is 32.2. The fourth-order valence-electron chi connectivity index (χ4n) is 11.4. The Bertz CT molecular complexity index is 4200. The number of hydrogen-bond donors (Lipinski definition) is 0. The summed E-state index contributed by atoms with van der Waals surface area (Å²) in [5.41, 5.74) is 3.18. The molecule has 0 fully saturated rings. The van der Waals surface area contributed by atoms with E-state index in [2.05, 4.69) is 266 Å². The van der Waals surface area contributed by atoms with Gasteiger partial charge in [0.2, 0.25) is 0 Å². The van der Waals surface area contributed by atoms with Gasteiger partial charge in [-0.2, -0.15) is 0 Å². The summed E-state index contributed by atoms with van der Waals surface area (Å²) in [6, 6.07) is 113. The number of rotatable bonds is 15. The van der Waals surface area contributed by atoms with Crippen molar-refractivity contribution >= 4 is 137 Å². The summed E-state index contributed by atoms with van der Waals surface area (Å²) in [5, 5.41) is 16.9. The van der Waals surface area contributed by atoms with Gasteiger partial charge in [0, 0.05) is 18.8 Å². The molecule has 0 nitrogen and oxygen atoms in total. The predicted molar refractivity (Wildman–Crippen MR) is 409 cm³/mol. The first-order valence-electron chi connectivity index (χ1n) is 30.5. The molecule has 0 spiro atoms. The van der Waals surface area contributed by atoms with Crippen LogP contribution in [0.4, 0.5) is 0 Å². The zero-order valence-corrected chi connectivity index (χ0v) is 65.9. The molecule has 0 unspecified atom stereocenters. The molecule has 0 saturated heterocycles. The van der Waals surface area contributed by atoms with Crippen molar-refractivity contribution in [1.82, 2.24) is 0 Å². The summed E-state index contributed by atoms with van der Waals surface area (Å²) in [6.45, 7) is 0. The first kappa shape index (κ1) is 76.4. The molecule has 2 heterocycles. The third kappa shape index (κ3) is 20.8. The molecule has 0 aliphatic carbocycles. The van der Waals surface area contributed by atoms with Crippen molar-refractivity contribution in [3.8, 4) is 23.7 Å². The summed E-state index contributed by atoms with van der Waals surface area (Å²) in [4.78, 5) is 0. The molecular weight excluding hydrogens is 2000 g/mol. The van der Waals surface area contributed by atoms with Gasteiger partial charge < -0.3 is 25.7 Å². The van der Waals surface area contributed by atoms with Crippen LogP contribution >= 0.6 is 54.4 Å². The van der Waals surface area contributed by atoms with Crippen molar-refractivity contribution < 1.29 is 89.5 Å². The minimum absolute atomic E-state index is 0. The molecule has 0 N–H and O–H groups in total. The van der Waals surface area contributed by atoms with Crippen molar-refractivity contribution in [2.75, 3.05) is 18.2 Å². The zero-order valence-electron chi connectivity index (χ0n) is 51.6. The zero-order chi connectivity index (χ0) is 62.4. The van der Waals surface area contributed by atoms with E-state index in [0.29, 0.717) is 0 Å². The molecule has 0 aliphatic heterocycles. The van der Waals surface area contributed by atoms with Crippen LogP contribution in [0.15, 0.2) is 315 Å². The predicted octanol–water partition coefficient (Wildman–Crippen LogP) is 18.0. The van der Waals surface area contributed by atoms with Crippen LogP contribution in [0.3, 0.4) is 0 Å². The Morgan fingerprint density at radius 1 is 0.232 bits per heavy atom. The van der Waals surface area contributed by atoms with Crippen LogP contribution in [-0.2, 0) is 89.5 Å². The molecular formula is C85H66Au4P4S2+4. The van der Waals surface area contributed by atoms with Crippen molar-refractivity contribution in [1.29, 1.82) is 0 Å². The minimum Gasteiger partial charge on any atom is -0.366 e. The first-order chi connectivity index (χ1) is 45.0. The average Bonchev–Trinajstić information content (AvgIpc) is 1.66. The first-order valence-corrected chi connectivity index (χ1v) is 38.9. The number of hydrogen-bond acceptors (Lipinski definition) is 2. The van der Waals surface area contributed by atoms with E-state index < -0.39 is 31.7 Å². The maximum absolute atomic E-state index is 7.14. The maximum atomic E-state index is 7.14. The Labute approximate surface area is 637 Å². The second-order valence-electron chi connectivity index (χ2n) is 21.8. The standard InChI is InChI=1S/C28H28P2.C25H22P2.2C16H6S.4Au/c1-5-15-25(16-6-1)29(26-17-7-2-8-18-26)23-13-14-24-30(27-19-9-3-10-20-27)28-21-11-4-12-22-28;1-5-13-22(14-6-1)26(23-15-7-2-8-16-23)21-27(24-17-9-3-10-18-24)25-19-11-4-12-20-25;2*1-3-11-5-7-13-14-8-6-12(4-2)10-16(14)17-15(13)9-11;;;;/h1-12,15-22H,13-14,23-24H2;1-20H,21H2;2*5-10H;;;;/q;;2*-2;4*+1/p+4. The van der Waals surface area contributed by atoms with Gasteiger partial charge in [0.05, 0.1) is 49.4 Å². The molecule has 12 aromatic carbocycles. The van der Waals surface area contributed by atoms with Crippen LogP contribution in [0.5, 0.6) is 0 Å². The van der Waals surface area contributed by atoms with E-state index in [1.165, 1.54) is 95.0 Å². The van der Waals surface area contributed by atoms with Crippen molar-refractivity contribution in [3.05, 3.63) is 363 Å². The van der Waals surface area contributed by atoms with Crippen LogP contribution < -0.4 is 42.4 Å². The van der Waals surface area contributed by atoms with Gasteiger partial charge in [-0.3, -0.25) is 23.7 Å². The summed E-state index contributed by atoms with van der Waals surface area (Å²) >= 11 is 3.35. The molecule has 478 valence electrons. The Hall–Kier alpha value is -6.00. The van der Waals surface area contributed by atoms with Crippen molar-refractivity contribution in [3.63, 3.8) is 0 Å². The quantitative estimate of drug-likeness (QED) is 0.0315. The van der Waals surface area contributed by atoms with Gasteiger partial charge in [-0.15, -0.1) is 93.5 Å². The number of unbranched alkanes of at least 4 members (excludes halogenated alkanes) is 1. The fraction of sp³-hybridized carbons (Fsp3) is 0.0588. The van der Waals surface area contributed by atoms with Crippen LogP contribution in [0.2, 0.25) is 0 Å². The number of thiophene rings is 2. The van der Waals surface area contributed by atoms with E-state index in [0.717, 1.165) is 41.1 Å².